The van der Waals surface area contributed by atoms with E-state index in [1.165, 1.54) is 12.8 Å². The number of nitrogens with one attached hydrogen (secondary N) is 1. The molecule has 1 amide bonds. The van der Waals surface area contributed by atoms with Crippen LogP contribution in [0.4, 0.5) is 0 Å². The first kappa shape index (κ1) is 17.7. The molecule has 0 aromatic carbocycles. The van der Waals surface area contributed by atoms with Gasteiger partial charge in [0.1, 0.15) is 0 Å². The van der Waals surface area contributed by atoms with Crippen molar-refractivity contribution in [1.82, 2.24) is 5.32 Å². The van der Waals surface area contributed by atoms with Crippen LogP contribution in [0.3, 0.4) is 0 Å². The van der Waals surface area contributed by atoms with Crippen molar-refractivity contribution in [3.63, 3.8) is 0 Å². The van der Waals surface area contributed by atoms with Crippen molar-refractivity contribution in [3.05, 3.63) is 0 Å². The summed E-state index contributed by atoms with van der Waals surface area (Å²) in [4.78, 5) is 11.6. The molecule has 1 atom stereocenters. The predicted molar refractivity (Wildman–Crippen MR) is 75.8 cm³/mol. The molecule has 1 aliphatic rings. The largest absolute Gasteiger partial charge is 0.381 e. The number of nitrogens with two attached hydrogens (primary N) is 1. The zero-order valence-corrected chi connectivity index (χ0v) is 12.3. The summed E-state index contributed by atoms with van der Waals surface area (Å²) in [5, 5.41) is 2.85. The summed E-state index contributed by atoms with van der Waals surface area (Å²) in [7, 11) is 0. The van der Waals surface area contributed by atoms with Crippen molar-refractivity contribution >= 4 is 18.3 Å². The van der Waals surface area contributed by atoms with E-state index in [1.807, 2.05) is 0 Å². The predicted octanol–water partition coefficient (Wildman–Crippen LogP) is 1.71. The highest BCUT2D eigenvalue weighted by molar-refractivity contribution is 5.85. The first-order valence-electron chi connectivity index (χ1n) is 6.70. The lowest BCUT2D eigenvalue weighted by Gasteiger charge is -2.14. The van der Waals surface area contributed by atoms with Gasteiger partial charge in [-0.15, -0.1) is 12.4 Å². The van der Waals surface area contributed by atoms with Gasteiger partial charge in [0.15, 0.2) is 0 Å². The van der Waals surface area contributed by atoms with Gasteiger partial charge in [0.05, 0.1) is 6.04 Å². The van der Waals surface area contributed by atoms with Gasteiger partial charge >= 0.3 is 0 Å². The van der Waals surface area contributed by atoms with Crippen molar-refractivity contribution in [1.29, 1.82) is 0 Å². The lowest BCUT2D eigenvalue weighted by atomic mass is 10.0. The fraction of sp³-hybridized carbons (Fsp3) is 0.923. The molecule has 0 radical (unpaired) electrons. The van der Waals surface area contributed by atoms with Gasteiger partial charge in [-0.3, -0.25) is 4.79 Å². The average Bonchev–Trinajstić information content (AvgIpc) is 3.05. The second kappa shape index (κ2) is 9.59. The summed E-state index contributed by atoms with van der Waals surface area (Å²) in [5.74, 6) is 1.22. The molecule has 0 saturated heterocycles. The molecule has 1 rings (SSSR count). The molecule has 18 heavy (non-hydrogen) atoms. The molecule has 0 heterocycles. The fourth-order valence-electron chi connectivity index (χ4n) is 1.67. The van der Waals surface area contributed by atoms with Crippen LogP contribution in [0.25, 0.3) is 0 Å². The maximum absolute atomic E-state index is 11.6. The van der Waals surface area contributed by atoms with Gasteiger partial charge in [0, 0.05) is 19.8 Å². The van der Waals surface area contributed by atoms with E-state index >= 15 is 0 Å². The topological polar surface area (TPSA) is 64.4 Å². The Kier molecular flexibility index (Phi) is 9.42. The monoisotopic (exact) mass is 278 g/mol. The molecule has 0 bridgehead atoms. The molecule has 108 valence electrons. The first-order valence-corrected chi connectivity index (χ1v) is 6.70. The molecule has 0 aliphatic heterocycles. The Morgan fingerprint density at radius 2 is 2.11 bits per heavy atom. The van der Waals surface area contributed by atoms with E-state index < -0.39 is 0 Å². The first-order chi connectivity index (χ1) is 8.09. The molecule has 5 heteroatoms. The Morgan fingerprint density at radius 3 is 2.67 bits per heavy atom. The lowest BCUT2D eigenvalue weighted by Crippen LogP contribution is -2.41. The van der Waals surface area contributed by atoms with Crippen molar-refractivity contribution in [3.8, 4) is 0 Å². The Labute approximate surface area is 116 Å². The van der Waals surface area contributed by atoms with Gasteiger partial charge in [0.25, 0.3) is 0 Å². The molecule has 4 nitrogen and oxygen atoms in total. The maximum atomic E-state index is 11.6. The van der Waals surface area contributed by atoms with Crippen molar-refractivity contribution in [2.75, 3.05) is 19.8 Å². The van der Waals surface area contributed by atoms with E-state index in [1.54, 1.807) is 0 Å². The van der Waals surface area contributed by atoms with Crippen molar-refractivity contribution < 1.29 is 9.53 Å². The van der Waals surface area contributed by atoms with Gasteiger partial charge in [-0.1, -0.05) is 13.8 Å². The van der Waals surface area contributed by atoms with Crippen LogP contribution in [-0.4, -0.2) is 31.7 Å². The van der Waals surface area contributed by atoms with E-state index in [4.69, 9.17) is 10.5 Å². The second-order valence-electron chi connectivity index (χ2n) is 5.40. The van der Waals surface area contributed by atoms with E-state index in [2.05, 4.69) is 19.2 Å². The van der Waals surface area contributed by atoms with Crippen LogP contribution in [0, 0.1) is 11.8 Å². The molecule has 0 spiro atoms. The molecule has 0 aromatic heterocycles. The van der Waals surface area contributed by atoms with Gasteiger partial charge in [-0.05, 0) is 37.5 Å². The average molecular weight is 279 g/mol. The SMILES string of the molecule is CC(C)C[C@H](N)C(=O)NCCCOCC1CC1.Cl. The minimum Gasteiger partial charge on any atom is -0.381 e. The third kappa shape index (κ3) is 8.72. The zero-order valence-electron chi connectivity index (χ0n) is 11.5. The molecular weight excluding hydrogens is 252 g/mol. The highest BCUT2D eigenvalue weighted by Gasteiger charge is 2.20. The van der Waals surface area contributed by atoms with Gasteiger partial charge in [0.2, 0.25) is 5.91 Å². The molecular formula is C13H27ClN2O2. The Morgan fingerprint density at radius 1 is 1.44 bits per heavy atom. The van der Waals surface area contributed by atoms with E-state index in [0.29, 0.717) is 12.5 Å². The van der Waals surface area contributed by atoms with Gasteiger partial charge in [-0.2, -0.15) is 0 Å². The van der Waals surface area contributed by atoms with Gasteiger partial charge < -0.3 is 15.8 Å². The number of hydrogen-bond acceptors (Lipinski definition) is 3. The Bertz CT molecular complexity index is 233. The van der Waals surface area contributed by atoms with Crippen LogP contribution in [0.15, 0.2) is 0 Å². The van der Waals surface area contributed by atoms with Crippen LogP contribution >= 0.6 is 12.4 Å². The quantitative estimate of drug-likeness (QED) is 0.631. The molecule has 1 fully saturated rings. The minimum atomic E-state index is -0.373. The zero-order chi connectivity index (χ0) is 12.7. The van der Waals surface area contributed by atoms with Crippen molar-refractivity contribution in [2.24, 2.45) is 17.6 Å². The number of ether oxygens (including phenoxy) is 1. The summed E-state index contributed by atoms with van der Waals surface area (Å²) >= 11 is 0. The Hall–Kier alpha value is -0.320. The maximum Gasteiger partial charge on any atom is 0.236 e. The van der Waals surface area contributed by atoms with Crippen LogP contribution < -0.4 is 11.1 Å². The summed E-state index contributed by atoms with van der Waals surface area (Å²) in [6.07, 6.45) is 4.25. The fourth-order valence-corrected chi connectivity index (χ4v) is 1.67. The number of carbonyl (C=O) groups is 1. The van der Waals surface area contributed by atoms with E-state index in [9.17, 15) is 4.79 Å². The molecule has 0 aromatic rings. The highest BCUT2D eigenvalue weighted by Crippen LogP contribution is 2.28. The van der Waals surface area contributed by atoms with Gasteiger partial charge in [-0.25, -0.2) is 0 Å². The van der Waals surface area contributed by atoms with Crippen LogP contribution in [0.2, 0.25) is 0 Å². The minimum absolute atomic E-state index is 0. The summed E-state index contributed by atoms with van der Waals surface area (Å²) in [6.45, 7) is 6.42. The molecule has 1 saturated carbocycles. The van der Waals surface area contributed by atoms with Crippen LogP contribution in [0.5, 0.6) is 0 Å². The van der Waals surface area contributed by atoms with E-state index in [-0.39, 0.29) is 24.4 Å². The number of halogens is 1. The van der Waals surface area contributed by atoms with Crippen LogP contribution in [0.1, 0.15) is 39.5 Å². The third-order valence-corrected chi connectivity index (χ3v) is 2.88. The van der Waals surface area contributed by atoms with Crippen LogP contribution in [-0.2, 0) is 9.53 Å². The summed E-state index contributed by atoms with van der Waals surface area (Å²) in [6, 6.07) is -0.373. The standard InChI is InChI=1S/C13H26N2O2.ClH/c1-10(2)8-12(14)13(16)15-6-3-7-17-9-11-4-5-11;/h10-12H,3-9,14H2,1-2H3,(H,15,16);1H/t12-;/m0./s1. The van der Waals surface area contributed by atoms with E-state index in [0.717, 1.165) is 32.0 Å². The summed E-state index contributed by atoms with van der Waals surface area (Å²) in [5.41, 5.74) is 5.76. The second-order valence-corrected chi connectivity index (χ2v) is 5.40. The Balaban J connectivity index is 0.00000289. The molecule has 3 N–H and O–H groups in total. The summed E-state index contributed by atoms with van der Waals surface area (Å²) < 4.78 is 5.48. The normalized spacial score (nSPS) is 16.2. The van der Waals surface area contributed by atoms with Crippen molar-refractivity contribution in [2.45, 2.75) is 45.6 Å². The number of rotatable bonds is 9. The number of carbonyl (C=O) groups excluding carboxylic acids is 1. The highest BCUT2D eigenvalue weighted by atomic mass is 35.5. The number of hydrogen-bond donors (Lipinski definition) is 2. The number of amides is 1. The molecule has 0 unspecified atom stereocenters. The lowest BCUT2D eigenvalue weighted by molar-refractivity contribution is -0.122. The third-order valence-electron chi connectivity index (χ3n) is 2.88. The molecule has 1 aliphatic carbocycles. The smallest absolute Gasteiger partial charge is 0.236 e.